The summed E-state index contributed by atoms with van der Waals surface area (Å²) in [6.45, 7) is 3.03. The maximum atomic E-state index is 12.9. The molecule has 1 saturated heterocycles. The predicted molar refractivity (Wildman–Crippen MR) is 103 cm³/mol. The Morgan fingerprint density at radius 3 is 2.72 bits per heavy atom. The summed E-state index contributed by atoms with van der Waals surface area (Å²) in [6, 6.07) is 5.00. The van der Waals surface area contributed by atoms with E-state index in [2.05, 4.69) is 4.98 Å². The van der Waals surface area contributed by atoms with E-state index in [9.17, 15) is 22.8 Å². The number of rotatable bonds is 5. The second-order valence-corrected chi connectivity index (χ2v) is 7.94. The summed E-state index contributed by atoms with van der Waals surface area (Å²) in [4.78, 5) is 33.4. The molecule has 0 N–H and O–H groups in total. The van der Waals surface area contributed by atoms with Crippen LogP contribution in [0.4, 0.5) is 13.2 Å². The molecule has 2 aromatic rings. The van der Waals surface area contributed by atoms with Crippen molar-refractivity contribution in [2.45, 2.75) is 38.9 Å². The molecule has 0 aliphatic carbocycles. The minimum Gasteiger partial charge on any atom is -0.340 e. The number of alkyl halides is 3. The molecule has 0 radical (unpaired) electrons. The van der Waals surface area contributed by atoms with E-state index < -0.39 is 11.7 Å². The van der Waals surface area contributed by atoms with Crippen molar-refractivity contribution in [3.05, 3.63) is 51.5 Å². The number of thiazole rings is 1. The molecule has 1 fully saturated rings. The number of aromatic nitrogens is 1. The second kappa shape index (κ2) is 8.94. The van der Waals surface area contributed by atoms with Crippen LogP contribution in [0.15, 0.2) is 29.8 Å². The van der Waals surface area contributed by atoms with Gasteiger partial charge in [0.2, 0.25) is 11.8 Å². The van der Waals surface area contributed by atoms with E-state index in [1.54, 1.807) is 16.5 Å². The van der Waals surface area contributed by atoms with Crippen LogP contribution < -0.4 is 0 Å². The molecule has 156 valence electrons. The molecule has 0 atom stereocenters. The van der Waals surface area contributed by atoms with Crippen molar-refractivity contribution in [3.8, 4) is 0 Å². The molecule has 2 heterocycles. The quantitative estimate of drug-likeness (QED) is 0.735. The minimum absolute atomic E-state index is 0.0217. The number of aryl methyl sites for hydroxylation is 2. The van der Waals surface area contributed by atoms with Gasteiger partial charge in [0, 0.05) is 43.9 Å². The smallest absolute Gasteiger partial charge is 0.340 e. The molecule has 1 aliphatic heterocycles. The van der Waals surface area contributed by atoms with Crippen LogP contribution >= 0.6 is 11.3 Å². The maximum Gasteiger partial charge on any atom is 0.416 e. The van der Waals surface area contributed by atoms with E-state index in [4.69, 9.17) is 0 Å². The maximum absolute atomic E-state index is 12.9. The second-order valence-electron chi connectivity index (χ2n) is 7.01. The highest BCUT2D eigenvalue weighted by Crippen LogP contribution is 2.29. The zero-order valence-corrected chi connectivity index (χ0v) is 16.9. The average Bonchev–Trinajstić information content (AvgIpc) is 3.00. The van der Waals surface area contributed by atoms with Gasteiger partial charge >= 0.3 is 6.18 Å². The van der Waals surface area contributed by atoms with Gasteiger partial charge in [-0.2, -0.15) is 13.2 Å². The number of nitrogens with zero attached hydrogens (tertiary/aromatic N) is 3. The zero-order chi connectivity index (χ0) is 21.0. The van der Waals surface area contributed by atoms with Crippen LogP contribution in [0, 0.1) is 6.92 Å². The SMILES string of the molecule is Cc1ncsc1CCC(=O)N1CCC(=O)N(Cc2cccc(C(F)(F)F)c2)CC1. The number of carbonyl (C=O) groups excluding carboxylic acids is 2. The summed E-state index contributed by atoms with van der Waals surface area (Å²) < 4.78 is 38.7. The summed E-state index contributed by atoms with van der Waals surface area (Å²) in [7, 11) is 0. The number of hydrogen-bond acceptors (Lipinski definition) is 4. The van der Waals surface area contributed by atoms with E-state index in [0.717, 1.165) is 22.7 Å². The molecule has 29 heavy (non-hydrogen) atoms. The Balaban J connectivity index is 1.58. The summed E-state index contributed by atoms with van der Waals surface area (Å²) in [6.07, 6.45) is -3.28. The average molecular weight is 425 g/mol. The Kier molecular flexibility index (Phi) is 6.56. The summed E-state index contributed by atoms with van der Waals surface area (Å²) in [5, 5.41) is 0. The predicted octanol–water partition coefficient (Wildman–Crippen LogP) is 3.66. The van der Waals surface area contributed by atoms with Crippen molar-refractivity contribution < 1.29 is 22.8 Å². The molecular formula is C20H22F3N3O2S. The van der Waals surface area contributed by atoms with Gasteiger partial charge in [0.1, 0.15) is 0 Å². The van der Waals surface area contributed by atoms with Crippen molar-refractivity contribution in [3.63, 3.8) is 0 Å². The molecule has 3 rings (SSSR count). The van der Waals surface area contributed by atoms with Crippen molar-refractivity contribution in [2.24, 2.45) is 0 Å². The molecule has 2 amide bonds. The molecule has 1 aromatic heterocycles. The molecule has 5 nitrogen and oxygen atoms in total. The largest absolute Gasteiger partial charge is 0.416 e. The van der Waals surface area contributed by atoms with Crippen LogP contribution in [0.5, 0.6) is 0 Å². The normalized spacial score (nSPS) is 15.5. The Morgan fingerprint density at radius 1 is 1.24 bits per heavy atom. The van der Waals surface area contributed by atoms with E-state index in [-0.39, 0.29) is 24.8 Å². The monoisotopic (exact) mass is 425 g/mol. The lowest BCUT2D eigenvalue weighted by Gasteiger charge is -2.22. The van der Waals surface area contributed by atoms with Crippen molar-refractivity contribution in [2.75, 3.05) is 19.6 Å². The Bertz CT molecular complexity index is 882. The number of amides is 2. The fourth-order valence-electron chi connectivity index (χ4n) is 3.29. The Labute approximate surface area is 171 Å². The first-order chi connectivity index (χ1) is 13.7. The third-order valence-electron chi connectivity index (χ3n) is 4.98. The first-order valence-electron chi connectivity index (χ1n) is 9.34. The van der Waals surface area contributed by atoms with Crippen LogP contribution in [0.1, 0.15) is 34.5 Å². The lowest BCUT2D eigenvalue weighted by Crippen LogP contribution is -2.35. The van der Waals surface area contributed by atoms with Gasteiger partial charge < -0.3 is 9.80 Å². The number of hydrogen-bond donors (Lipinski definition) is 0. The third kappa shape index (κ3) is 5.56. The van der Waals surface area contributed by atoms with Gasteiger partial charge in [0.25, 0.3) is 0 Å². The van der Waals surface area contributed by atoms with Crippen LogP contribution in [0.3, 0.4) is 0 Å². The van der Waals surface area contributed by atoms with Crippen LogP contribution in [-0.4, -0.2) is 46.2 Å². The highest BCUT2D eigenvalue weighted by molar-refractivity contribution is 7.09. The van der Waals surface area contributed by atoms with E-state index >= 15 is 0 Å². The zero-order valence-electron chi connectivity index (χ0n) is 16.0. The van der Waals surface area contributed by atoms with Crippen molar-refractivity contribution in [1.29, 1.82) is 0 Å². The molecule has 0 saturated carbocycles. The molecule has 0 unspecified atom stereocenters. The van der Waals surface area contributed by atoms with Gasteiger partial charge in [-0.15, -0.1) is 11.3 Å². The molecule has 9 heteroatoms. The standard InChI is InChI=1S/C20H22F3N3O2S/c1-14-17(29-13-24-14)5-6-18(27)25-8-7-19(28)26(10-9-25)12-15-3-2-4-16(11-15)20(21,22)23/h2-4,11,13H,5-10,12H2,1H3. The lowest BCUT2D eigenvalue weighted by atomic mass is 10.1. The number of carbonyl (C=O) groups is 2. The van der Waals surface area contributed by atoms with Crippen LogP contribution in [0.2, 0.25) is 0 Å². The highest BCUT2D eigenvalue weighted by Gasteiger charge is 2.31. The first-order valence-corrected chi connectivity index (χ1v) is 10.2. The lowest BCUT2D eigenvalue weighted by molar-refractivity contribution is -0.137. The molecule has 1 aliphatic rings. The number of benzene rings is 1. The van der Waals surface area contributed by atoms with Gasteiger partial charge in [-0.1, -0.05) is 12.1 Å². The van der Waals surface area contributed by atoms with Gasteiger partial charge in [-0.05, 0) is 31.0 Å². The first kappa shape index (κ1) is 21.3. The fourth-order valence-corrected chi connectivity index (χ4v) is 4.08. The summed E-state index contributed by atoms with van der Waals surface area (Å²) in [5.41, 5.74) is 2.38. The third-order valence-corrected chi connectivity index (χ3v) is 5.97. The molecule has 1 aromatic carbocycles. The van der Waals surface area contributed by atoms with Crippen molar-refractivity contribution >= 4 is 23.2 Å². The van der Waals surface area contributed by atoms with Gasteiger partial charge in [-0.25, -0.2) is 4.98 Å². The molecule has 0 spiro atoms. The summed E-state index contributed by atoms with van der Waals surface area (Å²) in [5.74, 6) is -0.178. The molecule has 0 bridgehead atoms. The van der Waals surface area contributed by atoms with E-state index in [0.29, 0.717) is 38.0 Å². The van der Waals surface area contributed by atoms with Crippen LogP contribution in [0.25, 0.3) is 0 Å². The molecular weight excluding hydrogens is 403 g/mol. The summed E-state index contributed by atoms with van der Waals surface area (Å²) >= 11 is 1.52. The Hall–Kier alpha value is -2.42. The number of halogens is 3. The fraction of sp³-hybridized carbons (Fsp3) is 0.450. The van der Waals surface area contributed by atoms with E-state index in [1.165, 1.54) is 22.3 Å². The van der Waals surface area contributed by atoms with Gasteiger partial charge in [0.05, 0.1) is 16.8 Å². The van der Waals surface area contributed by atoms with Crippen LogP contribution in [-0.2, 0) is 28.7 Å². The van der Waals surface area contributed by atoms with Gasteiger partial charge in [-0.3, -0.25) is 9.59 Å². The minimum atomic E-state index is -4.42. The van der Waals surface area contributed by atoms with E-state index in [1.807, 2.05) is 6.92 Å². The highest BCUT2D eigenvalue weighted by atomic mass is 32.1. The van der Waals surface area contributed by atoms with Gasteiger partial charge in [0.15, 0.2) is 0 Å². The topological polar surface area (TPSA) is 53.5 Å². The Morgan fingerprint density at radius 2 is 2.03 bits per heavy atom. The van der Waals surface area contributed by atoms with Crippen molar-refractivity contribution in [1.82, 2.24) is 14.8 Å².